The highest BCUT2D eigenvalue weighted by Gasteiger charge is 2.48. The largest absolute Gasteiger partial charge is 0.397 e. The number of carbonyl (C=O) groups is 1. The fourth-order valence-electron chi connectivity index (χ4n) is 5.69. The number of rotatable bonds is 29. The van der Waals surface area contributed by atoms with Gasteiger partial charge in [0.15, 0.2) is 6.29 Å². The molecule has 284 valence electrons. The van der Waals surface area contributed by atoms with Gasteiger partial charge < -0.3 is 40.3 Å². The molecule has 1 aliphatic heterocycles. The molecular formula is C34H65NO12S. The normalized spacial score (nSPS) is 23.7. The fourth-order valence-corrected chi connectivity index (χ4v) is 6.20. The molecule has 1 aliphatic rings. The first-order valence-electron chi connectivity index (χ1n) is 18.2. The molecule has 0 aromatic carbocycles. The van der Waals surface area contributed by atoms with E-state index in [4.69, 9.17) is 14.0 Å². The minimum atomic E-state index is -5.09. The molecule has 1 rings (SSSR count). The number of ether oxygens (including phenoxy) is 2. The predicted octanol–water partition coefficient (Wildman–Crippen LogP) is 3.84. The molecule has 1 heterocycles. The van der Waals surface area contributed by atoms with Gasteiger partial charge in [-0.15, -0.1) is 0 Å². The van der Waals surface area contributed by atoms with E-state index in [2.05, 4.69) is 35.5 Å². The Morgan fingerprint density at radius 3 is 1.90 bits per heavy atom. The van der Waals surface area contributed by atoms with Crippen molar-refractivity contribution in [2.75, 3.05) is 13.2 Å². The lowest BCUT2D eigenvalue weighted by Gasteiger charge is -2.41. The number of amides is 1. The first kappa shape index (κ1) is 44.8. The zero-order valence-corrected chi connectivity index (χ0v) is 30.0. The second-order valence-electron chi connectivity index (χ2n) is 12.9. The van der Waals surface area contributed by atoms with Crippen LogP contribution in [0.15, 0.2) is 12.2 Å². The molecule has 0 radical (unpaired) electrons. The highest BCUT2D eigenvalue weighted by molar-refractivity contribution is 7.80. The van der Waals surface area contributed by atoms with Crippen molar-refractivity contribution >= 4 is 16.3 Å². The summed E-state index contributed by atoms with van der Waals surface area (Å²) in [4.78, 5) is 12.9. The molecule has 8 atom stereocenters. The summed E-state index contributed by atoms with van der Waals surface area (Å²) in [6, 6.07) is -1.03. The summed E-state index contributed by atoms with van der Waals surface area (Å²) in [5, 5.41) is 54.5. The summed E-state index contributed by atoms with van der Waals surface area (Å²) >= 11 is 0. The SMILES string of the molecule is CCCCCC/C=C\CCCCCCCCC(O)C(=O)NC(COC1OC(CO)C(O)C(OS(=O)(=O)O)C1O)C(O)CCCCCCC. The molecule has 8 unspecified atom stereocenters. The molecule has 0 saturated carbocycles. The second kappa shape index (κ2) is 26.6. The third-order valence-electron chi connectivity index (χ3n) is 8.68. The van der Waals surface area contributed by atoms with Crippen LogP contribution in [0.3, 0.4) is 0 Å². The maximum atomic E-state index is 12.9. The van der Waals surface area contributed by atoms with Crippen LogP contribution in [0.1, 0.15) is 136 Å². The molecule has 0 spiro atoms. The van der Waals surface area contributed by atoms with Crippen LogP contribution in [-0.2, 0) is 28.9 Å². The molecule has 1 fully saturated rings. The smallest absolute Gasteiger partial charge is 0.394 e. The van der Waals surface area contributed by atoms with E-state index in [9.17, 15) is 38.7 Å². The number of hydrogen-bond acceptors (Lipinski definition) is 11. The maximum Gasteiger partial charge on any atom is 0.397 e. The molecule has 0 bridgehead atoms. The molecule has 0 aromatic rings. The van der Waals surface area contributed by atoms with E-state index in [1.807, 2.05) is 0 Å². The minimum Gasteiger partial charge on any atom is -0.394 e. The van der Waals surface area contributed by atoms with Gasteiger partial charge in [0.1, 0.15) is 30.5 Å². The van der Waals surface area contributed by atoms with Crippen LogP contribution >= 0.6 is 0 Å². The number of unbranched alkanes of at least 4 members (excludes halogenated alkanes) is 14. The highest BCUT2D eigenvalue weighted by Crippen LogP contribution is 2.26. The van der Waals surface area contributed by atoms with Crippen LogP contribution in [0.4, 0.5) is 0 Å². The van der Waals surface area contributed by atoms with Gasteiger partial charge in [-0.2, -0.15) is 8.42 Å². The zero-order valence-electron chi connectivity index (χ0n) is 29.2. The predicted molar refractivity (Wildman–Crippen MR) is 182 cm³/mol. The topological polar surface area (TPSA) is 212 Å². The Bertz CT molecular complexity index is 952. The molecule has 48 heavy (non-hydrogen) atoms. The third kappa shape index (κ3) is 19.9. The van der Waals surface area contributed by atoms with E-state index >= 15 is 0 Å². The molecule has 1 saturated heterocycles. The molecule has 13 nitrogen and oxygen atoms in total. The molecule has 7 N–H and O–H groups in total. The van der Waals surface area contributed by atoms with E-state index in [1.165, 1.54) is 25.7 Å². The zero-order chi connectivity index (χ0) is 35.8. The van der Waals surface area contributed by atoms with Crippen LogP contribution < -0.4 is 5.32 Å². The van der Waals surface area contributed by atoms with Gasteiger partial charge in [0, 0.05) is 0 Å². The first-order chi connectivity index (χ1) is 22.9. The van der Waals surface area contributed by atoms with E-state index in [1.54, 1.807) is 0 Å². The van der Waals surface area contributed by atoms with E-state index in [0.29, 0.717) is 19.3 Å². The highest BCUT2D eigenvalue weighted by atomic mass is 32.3. The van der Waals surface area contributed by atoms with Crippen molar-refractivity contribution in [1.29, 1.82) is 0 Å². The number of hydrogen-bond donors (Lipinski definition) is 7. The average molecular weight is 712 g/mol. The summed E-state index contributed by atoms with van der Waals surface area (Å²) in [5.41, 5.74) is 0. The molecular weight excluding hydrogens is 646 g/mol. The van der Waals surface area contributed by atoms with Crippen LogP contribution in [0.2, 0.25) is 0 Å². The number of nitrogens with one attached hydrogen (secondary N) is 1. The Kier molecular flexibility index (Phi) is 24.8. The quantitative estimate of drug-likeness (QED) is 0.0335. The Labute approximate surface area is 288 Å². The number of carbonyl (C=O) groups excluding carboxylic acids is 1. The van der Waals surface area contributed by atoms with Gasteiger partial charge in [-0.1, -0.05) is 109 Å². The standard InChI is InChI=1S/C34H65NO12S/c1-3-5-7-9-10-11-12-13-14-15-16-17-19-21-23-28(38)33(41)35-26(27(37)22-20-18-8-6-4-2)25-45-34-31(40)32(47-48(42,43)44)30(39)29(24-36)46-34/h11-12,26-32,34,36-40H,3-10,13-25H2,1-2H3,(H,35,41)(H,42,43,44)/b12-11-. The first-order valence-corrected chi connectivity index (χ1v) is 19.5. The Morgan fingerprint density at radius 1 is 0.812 bits per heavy atom. The van der Waals surface area contributed by atoms with Gasteiger partial charge in [-0.25, -0.2) is 4.18 Å². The van der Waals surface area contributed by atoms with Crippen LogP contribution in [0.25, 0.3) is 0 Å². The minimum absolute atomic E-state index is 0.252. The number of allylic oxidation sites excluding steroid dienone is 2. The van der Waals surface area contributed by atoms with Gasteiger partial charge in [-0.3, -0.25) is 9.35 Å². The van der Waals surface area contributed by atoms with Crippen LogP contribution in [0, 0.1) is 0 Å². The van der Waals surface area contributed by atoms with Gasteiger partial charge in [0.2, 0.25) is 5.91 Å². The molecule has 0 aliphatic carbocycles. The Hall–Kier alpha value is -1.20. The summed E-state index contributed by atoms with van der Waals surface area (Å²) in [7, 11) is -5.09. The molecule has 0 aromatic heterocycles. The number of aliphatic hydroxyl groups excluding tert-OH is 5. The van der Waals surface area contributed by atoms with Crippen molar-refractivity contribution in [3.8, 4) is 0 Å². The third-order valence-corrected chi connectivity index (χ3v) is 9.15. The lowest BCUT2D eigenvalue weighted by atomic mass is 9.99. The molecule has 14 heteroatoms. The summed E-state index contributed by atoms with van der Waals surface area (Å²) in [6.45, 7) is 3.10. The fraction of sp³-hybridized carbons (Fsp3) is 0.912. The average Bonchev–Trinajstić information content (AvgIpc) is 3.04. The van der Waals surface area contributed by atoms with Crippen molar-refractivity contribution < 1.29 is 57.0 Å². The summed E-state index contributed by atoms with van der Waals surface area (Å²) in [6.07, 6.45) is 12.0. The van der Waals surface area contributed by atoms with Gasteiger partial charge in [-0.05, 0) is 38.5 Å². The van der Waals surface area contributed by atoms with E-state index in [0.717, 1.165) is 70.6 Å². The van der Waals surface area contributed by atoms with Crippen molar-refractivity contribution in [1.82, 2.24) is 5.32 Å². The maximum absolute atomic E-state index is 12.9. The summed E-state index contributed by atoms with van der Waals surface area (Å²) in [5.74, 6) is -0.684. The van der Waals surface area contributed by atoms with Crippen molar-refractivity contribution in [2.24, 2.45) is 0 Å². The number of aliphatic hydroxyl groups is 5. The van der Waals surface area contributed by atoms with Crippen LogP contribution in [0.5, 0.6) is 0 Å². The Morgan fingerprint density at radius 2 is 1.33 bits per heavy atom. The van der Waals surface area contributed by atoms with Gasteiger partial charge >= 0.3 is 10.4 Å². The second-order valence-corrected chi connectivity index (χ2v) is 14.0. The van der Waals surface area contributed by atoms with E-state index in [-0.39, 0.29) is 6.42 Å². The van der Waals surface area contributed by atoms with Crippen molar-refractivity contribution in [3.63, 3.8) is 0 Å². The van der Waals surface area contributed by atoms with Gasteiger partial charge in [0.05, 0.1) is 25.4 Å². The van der Waals surface area contributed by atoms with Crippen molar-refractivity contribution in [2.45, 2.75) is 185 Å². The summed E-state index contributed by atoms with van der Waals surface area (Å²) < 4.78 is 47.0. The lowest BCUT2D eigenvalue weighted by molar-refractivity contribution is -0.298. The monoisotopic (exact) mass is 711 g/mol. The van der Waals surface area contributed by atoms with Gasteiger partial charge in [0.25, 0.3) is 0 Å². The van der Waals surface area contributed by atoms with Crippen LogP contribution in [-0.4, -0.2) is 107 Å². The lowest BCUT2D eigenvalue weighted by Crippen LogP contribution is -2.61. The Balaban J connectivity index is 2.60. The van der Waals surface area contributed by atoms with E-state index < -0.39 is 78.5 Å². The molecule has 1 amide bonds. The van der Waals surface area contributed by atoms with Crippen molar-refractivity contribution in [3.05, 3.63) is 12.2 Å².